The van der Waals surface area contributed by atoms with Gasteiger partial charge < -0.3 is 15.8 Å². The lowest BCUT2D eigenvalue weighted by Crippen LogP contribution is -2.23. The van der Waals surface area contributed by atoms with Crippen LogP contribution in [-0.2, 0) is 22.6 Å². The van der Waals surface area contributed by atoms with E-state index in [4.69, 9.17) is 10.5 Å². The number of ether oxygens (including phenoxy) is 1. The standard InChI is InChI=1S/C14H21FN2O2/c1-2-19-7-3-4-14(18)17-10-12-6-5-11(9-16)8-13(12)15/h5-6,8H,2-4,7,9-10,16H2,1H3,(H,17,18). The number of carbonyl (C=O) groups is 1. The Morgan fingerprint density at radius 1 is 1.47 bits per heavy atom. The molecule has 0 spiro atoms. The highest BCUT2D eigenvalue weighted by Gasteiger charge is 2.05. The summed E-state index contributed by atoms with van der Waals surface area (Å²) >= 11 is 0. The Bertz CT molecular complexity index is 410. The first-order valence-corrected chi connectivity index (χ1v) is 6.49. The monoisotopic (exact) mass is 268 g/mol. The van der Waals surface area contributed by atoms with Crippen molar-refractivity contribution in [3.05, 3.63) is 35.1 Å². The zero-order valence-corrected chi connectivity index (χ0v) is 11.2. The first kappa shape index (κ1) is 15.6. The molecule has 1 amide bonds. The van der Waals surface area contributed by atoms with Gasteiger partial charge in [-0.1, -0.05) is 12.1 Å². The zero-order valence-electron chi connectivity index (χ0n) is 11.2. The minimum atomic E-state index is -0.336. The molecule has 0 unspecified atom stereocenters. The SMILES string of the molecule is CCOCCCC(=O)NCc1ccc(CN)cc1F. The number of nitrogens with one attached hydrogen (secondary N) is 1. The maximum absolute atomic E-state index is 13.6. The fourth-order valence-corrected chi connectivity index (χ4v) is 1.62. The van der Waals surface area contributed by atoms with Gasteiger partial charge in [0.1, 0.15) is 5.82 Å². The summed E-state index contributed by atoms with van der Waals surface area (Å²) in [6.45, 7) is 3.64. The van der Waals surface area contributed by atoms with Crippen molar-refractivity contribution in [1.82, 2.24) is 5.32 Å². The number of carbonyl (C=O) groups excluding carboxylic acids is 1. The lowest BCUT2D eigenvalue weighted by atomic mass is 10.1. The van der Waals surface area contributed by atoms with Crippen molar-refractivity contribution >= 4 is 5.91 Å². The number of rotatable bonds is 8. The quantitative estimate of drug-likeness (QED) is 0.706. The third-order valence-electron chi connectivity index (χ3n) is 2.73. The highest BCUT2D eigenvalue weighted by molar-refractivity contribution is 5.75. The number of amides is 1. The van der Waals surface area contributed by atoms with Crippen LogP contribution in [0.1, 0.15) is 30.9 Å². The first-order valence-electron chi connectivity index (χ1n) is 6.49. The zero-order chi connectivity index (χ0) is 14.1. The van der Waals surface area contributed by atoms with Gasteiger partial charge in [-0.15, -0.1) is 0 Å². The number of halogens is 1. The lowest BCUT2D eigenvalue weighted by molar-refractivity contribution is -0.121. The van der Waals surface area contributed by atoms with Crippen LogP contribution in [0.3, 0.4) is 0 Å². The average Bonchev–Trinajstić information content (AvgIpc) is 2.42. The molecule has 0 fully saturated rings. The molecule has 0 aromatic heterocycles. The van der Waals surface area contributed by atoms with E-state index in [1.54, 1.807) is 12.1 Å². The molecule has 0 heterocycles. The molecule has 0 saturated heterocycles. The van der Waals surface area contributed by atoms with Gasteiger partial charge in [-0.3, -0.25) is 4.79 Å². The van der Waals surface area contributed by atoms with E-state index in [0.29, 0.717) is 38.2 Å². The molecular weight excluding hydrogens is 247 g/mol. The normalized spacial score (nSPS) is 10.5. The molecule has 0 saturated carbocycles. The topological polar surface area (TPSA) is 64.3 Å². The Morgan fingerprint density at radius 2 is 2.26 bits per heavy atom. The van der Waals surface area contributed by atoms with E-state index < -0.39 is 0 Å². The number of benzene rings is 1. The lowest BCUT2D eigenvalue weighted by Gasteiger charge is -2.07. The van der Waals surface area contributed by atoms with Crippen LogP contribution >= 0.6 is 0 Å². The number of hydrogen-bond acceptors (Lipinski definition) is 3. The van der Waals surface area contributed by atoms with E-state index in [1.807, 2.05) is 6.92 Å². The molecule has 0 radical (unpaired) electrons. The molecule has 4 nitrogen and oxygen atoms in total. The summed E-state index contributed by atoms with van der Waals surface area (Å²) in [4.78, 5) is 11.5. The highest BCUT2D eigenvalue weighted by atomic mass is 19.1. The van der Waals surface area contributed by atoms with E-state index in [-0.39, 0.29) is 18.3 Å². The maximum Gasteiger partial charge on any atom is 0.220 e. The van der Waals surface area contributed by atoms with Crippen LogP contribution in [0.4, 0.5) is 4.39 Å². The van der Waals surface area contributed by atoms with Crippen molar-refractivity contribution in [3.63, 3.8) is 0 Å². The third kappa shape index (κ3) is 5.81. The summed E-state index contributed by atoms with van der Waals surface area (Å²) in [6, 6.07) is 4.81. The molecule has 106 valence electrons. The summed E-state index contributed by atoms with van der Waals surface area (Å²) in [5.41, 5.74) is 6.63. The molecule has 0 atom stereocenters. The molecule has 1 aromatic rings. The Balaban J connectivity index is 2.33. The summed E-state index contributed by atoms with van der Waals surface area (Å²) in [5, 5.41) is 2.69. The molecular formula is C14H21FN2O2. The van der Waals surface area contributed by atoms with Gasteiger partial charge in [0, 0.05) is 38.3 Å². The summed E-state index contributed by atoms with van der Waals surface area (Å²) in [6.07, 6.45) is 1.07. The van der Waals surface area contributed by atoms with E-state index >= 15 is 0 Å². The largest absolute Gasteiger partial charge is 0.382 e. The predicted molar refractivity (Wildman–Crippen MR) is 71.9 cm³/mol. The average molecular weight is 268 g/mol. The van der Waals surface area contributed by atoms with E-state index in [9.17, 15) is 9.18 Å². The van der Waals surface area contributed by atoms with Crippen molar-refractivity contribution in [3.8, 4) is 0 Å². The fourth-order valence-electron chi connectivity index (χ4n) is 1.62. The Kier molecular flexibility index (Phi) is 7.07. The number of nitrogens with two attached hydrogens (primary N) is 1. The molecule has 1 rings (SSSR count). The number of hydrogen-bond donors (Lipinski definition) is 2. The van der Waals surface area contributed by atoms with Gasteiger partial charge in [-0.25, -0.2) is 4.39 Å². The maximum atomic E-state index is 13.6. The van der Waals surface area contributed by atoms with E-state index in [2.05, 4.69) is 5.32 Å². The minimum Gasteiger partial charge on any atom is -0.382 e. The van der Waals surface area contributed by atoms with Crippen LogP contribution in [0.2, 0.25) is 0 Å². The van der Waals surface area contributed by atoms with Crippen LogP contribution in [0.25, 0.3) is 0 Å². The highest BCUT2D eigenvalue weighted by Crippen LogP contribution is 2.10. The van der Waals surface area contributed by atoms with E-state index in [0.717, 1.165) is 5.56 Å². The second-order valence-electron chi connectivity index (χ2n) is 4.21. The fraction of sp³-hybridized carbons (Fsp3) is 0.500. The van der Waals surface area contributed by atoms with Crippen LogP contribution in [0.5, 0.6) is 0 Å². The Morgan fingerprint density at radius 3 is 2.89 bits per heavy atom. The minimum absolute atomic E-state index is 0.0954. The second kappa shape index (κ2) is 8.61. The van der Waals surface area contributed by atoms with Crippen LogP contribution in [0.15, 0.2) is 18.2 Å². The molecule has 3 N–H and O–H groups in total. The third-order valence-corrected chi connectivity index (χ3v) is 2.73. The summed E-state index contributed by atoms with van der Waals surface area (Å²) < 4.78 is 18.8. The van der Waals surface area contributed by atoms with Crippen LogP contribution in [-0.4, -0.2) is 19.1 Å². The molecule has 5 heteroatoms. The van der Waals surface area contributed by atoms with Crippen LogP contribution in [0, 0.1) is 5.82 Å². The van der Waals surface area contributed by atoms with Gasteiger partial charge in [0.25, 0.3) is 0 Å². The Labute approximate surface area is 113 Å². The van der Waals surface area contributed by atoms with Crippen molar-refractivity contribution in [2.24, 2.45) is 5.73 Å². The molecule has 19 heavy (non-hydrogen) atoms. The molecule has 0 bridgehead atoms. The van der Waals surface area contributed by atoms with Gasteiger partial charge in [0.15, 0.2) is 0 Å². The second-order valence-corrected chi connectivity index (χ2v) is 4.21. The van der Waals surface area contributed by atoms with Gasteiger partial charge in [-0.2, -0.15) is 0 Å². The first-order chi connectivity index (χ1) is 9.17. The molecule has 0 aliphatic heterocycles. The van der Waals surface area contributed by atoms with Crippen molar-refractivity contribution in [2.75, 3.05) is 13.2 Å². The van der Waals surface area contributed by atoms with Crippen molar-refractivity contribution in [1.29, 1.82) is 0 Å². The van der Waals surface area contributed by atoms with E-state index in [1.165, 1.54) is 6.07 Å². The predicted octanol–water partition coefficient (Wildman–Crippen LogP) is 1.72. The molecule has 0 aliphatic carbocycles. The smallest absolute Gasteiger partial charge is 0.220 e. The Hall–Kier alpha value is -1.46. The van der Waals surface area contributed by atoms with Gasteiger partial charge in [0.2, 0.25) is 5.91 Å². The van der Waals surface area contributed by atoms with Crippen molar-refractivity contribution < 1.29 is 13.9 Å². The summed E-state index contributed by atoms with van der Waals surface area (Å²) in [7, 11) is 0. The van der Waals surface area contributed by atoms with Crippen LogP contribution < -0.4 is 11.1 Å². The van der Waals surface area contributed by atoms with Crippen molar-refractivity contribution in [2.45, 2.75) is 32.9 Å². The van der Waals surface area contributed by atoms with Gasteiger partial charge in [-0.05, 0) is 25.0 Å². The summed E-state index contributed by atoms with van der Waals surface area (Å²) in [5.74, 6) is -0.431. The molecule has 0 aliphatic rings. The van der Waals surface area contributed by atoms with Gasteiger partial charge in [0.05, 0.1) is 0 Å². The molecule has 1 aromatic carbocycles. The van der Waals surface area contributed by atoms with Gasteiger partial charge >= 0.3 is 0 Å².